The van der Waals surface area contributed by atoms with Crippen molar-refractivity contribution in [2.24, 2.45) is 0 Å². The van der Waals surface area contributed by atoms with Crippen molar-refractivity contribution >= 4 is 33.0 Å². The summed E-state index contributed by atoms with van der Waals surface area (Å²) in [7, 11) is -3.65. The number of nitrogens with zero attached hydrogens (tertiary/aromatic N) is 2. The van der Waals surface area contributed by atoms with Crippen LogP contribution in [0.1, 0.15) is 37.3 Å². The van der Waals surface area contributed by atoms with Crippen LogP contribution >= 0.6 is 0 Å². The lowest BCUT2D eigenvalue weighted by Gasteiger charge is -2.30. The van der Waals surface area contributed by atoms with Gasteiger partial charge in [0.2, 0.25) is 15.9 Å². The van der Waals surface area contributed by atoms with E-state index in [1.54, 1.807) is 12.1 Å². The van der Waals surface area contributed by atoms with Crippen molar-refractivity contribution in [2.45, 2.75) is 46.1 Å². The Bertz CT molecular complexity index is 977. The molecule has 1 saturated heterocycles. The molecule has 30 heavy (non-hydrogen) atoms. The minimum absolute atomic E-state index is 0.337. The third-order valence-electron chi connectivity index (χ3n) is 5.40. The van der Waals surface area contributed by atoms with Crippen molar-refractivity contribution in [3.63, 3.8) is 0 Å². The van der Waals surface area contributed by atoms with Crippen LogP contribution in [0.2, 0.25) is 0 Å². The molecule has 7 heteroatoms. The summed E-state index contributed by atoms with van der Waals surface area (Å²) >= 11 is 0. The Hall–Kier alpha value is -2.54. The van der Waals surface area contributed by atoms with Crippen LogP contribution in [0.4, 0.5) is 17.1 Å². The van der Waals surface area contributed by atoms with Crippen LogP contribution in [-0.4, -0.2) is 39.7 Å². The maximum absolute atomic E-state index is 13.1. The SMILES string of the molecule is CC[C@@H](C(=O)Nc1ccc(N2CCCC2)cc1)N(c1cc(C)cc(C)c1)S(C)(=O)=O. The summed E-state index contributed by atoms with van der Waals surface area (Å²) < 4.78 is 26.5. The molecule has 1 aliphatic heterocycles. The highest BCUT2D eigenvalue weighted by atomic mass is 32.2. The van der Waals surface area contributed by atoms with Crippen molar-refractivity contribution in [3.8, 4) is 0 Å². The zero-order valence-corrected chi connectivity index (χ0v) is 19.0. The second kappa shape index (κ2) is 9.08. The van der Waals surface area contributed by atoms with Crippen molar-refractivity contribution < 1.29 is 13.2 Å². The topological polar surface area (TPSA) is 69.7 Å². The van der Waals surface area contributed by atoms with Gasteiger partial charge in [-0.1, -0.05) is 13.0 Å². The van der Waals surface area contributed by atoms with Crippen molar-refractivity contribution in [2.75, 3.05) is 33.9 Å². The minimum atomic E-state index is -3.65. The van der Waals surface area contributed by atoms with Gasteiger partial charge in [-0.2, -0.15) is 0 Å². The quantitative estimate of drug-likeness (QED) is 0.720. The van der Waals surface area contributed by atoms with Gasteiger partial charge in [0.1, 0.15) is 6.04 Å². The lowest BCUT2D eigenvalue weighted by molar-refractivity contribution is -0.117. The standard InChI is InChI=1S/C23H31N3O3S/c1-5-22(26(30(4,28)29)21-15-17(2)14-18(3)16-21)23(27)24-19-8-10-20(11-9-19)25-12-6-7-13-25/h8-11,14-16,22H,5-7,12-13H2,1-4H3,(H,24,27)/t22-/m0/s1. The van der Waals surface area contributed by atoms with Gasteiger partial charge in [-0.25, -0.2) is 8.42 Å². The molecular weight excluding hydrogens is 398 g/mol. The molecule has 0 saturated carbocycles. The first-order valence-electron chi connectivity index (χ1n) is 10.4. The molecule has 162 valence electrons. The van der Waals surface area contributed by atoms with Crippen LogP contribution in [-0.2, 0) is 14.8 Å². The third kappa shape index (κ3) is 5.14. The molecule has 6 nitrogen and oxygen atoms in total. The van der Waals surface area contributed by atoms with E-state index in [2.05, 4.69) is 10.2 Å². The molecule has 1 N–H and O–H groups in total. The molecule has 2 aromatic rings. The van der Waals surface area contributed by atoms with Crippen LogP contribution in [0.15, 0.2) is 42.5 Å². The van der Waals surface area contributed by atoms with Crippen molar-refractivity contribution in [1.82, 2.24) is 0 Å². The van der Waals surface area contributed by atoms with E-state index in [1.165, 1.54) is 17.1 Å². The average molecular weight is 430 g/mol. The molecule has 0 spiro atoms. The molecular formula is C23H31N3O3S. The number of carbonyl (C=O) groups is 1. The highest BCUT2D eigenvalue weighted by Crippen LogP contribution is 2.27. The van der Waals surface area contributed by atoms with Crippen LogP contribution in [0.3, 0.4) is 0 Å². The van der Waals surface area contributed by atoms with Gasteiger partial charge in [-0.3, -0.25) is 9.10 Å². The van der Waals surface area contributed by atoms with E-state index in [9.17, 15) is 13.2 Å². The van der Waals surface area contributed by atoms with Gasteiger partial charge in [-0.15, -0.1) is 0 Å². The number of hydrogen-bond acceptors (Lipinski definition) is 4. The van der Waals surface area contributed by atoms with Crippen LogP contribution in [0.5, 0.6) is 0 Å². The first kappa shape index (κ1) is 22.2. The monoisotopic (exact) mass is 429 g/mol. The Morgan fingerprint density at radius 3 is 2.13 bits per heavy atom. The summed E-state index contributed by atoms with van der Waals surface area (Å²) in [6.07, 6.45) is 3.91. The largest absolute Gasteiger partial charge is 0.372 e. The van der Waals surface area contributed by atoms with E-state index in [1.807, 2.05) is 51.1 Å². The molecule has 1 atom stereocenters. The molecule has 0 aliphatic carbocycles. The van der Waals surface area contributed by atoms with Gasteiger partial charge < -0.3 is 10.2 Å². The average Bonchev–Trinajstić information content (AvgIpc) is 3.19. The number of sulfonamides is 1. The molecule has 1 amide bonds. The molecule has 2 aromatic carbocycles. The lowest BCUT2D eigenvalue weighted by Crippen LogP contribution is -2.47. The second-order valence-corrected chi connectivity index (χ2v) is 9.92. The molecule has 0 unspecified atom stereocenters. The summed E-state index contributed by atoms with van der Waals surface area (Å²) in [5.74, 6) is -0.337. The van der Waals surface area contributed by atoms with Crippen LogP contribution in [0, 0.1) is 13.8 Å². The van der Waals surface area contributed by atoms with Crippen molar-refractivity contribution in [1.29, 1.82) is 0 Å². The highest BCUT2D eigenvalue weighted by molar-refractivity contribution is 7.92. The fourth-order valence-electron chi connectivity index (χ4n) is 4.09. The number of carbonyl (C=O) groups excluding carboxylic acids is 1. The Balaban J connectivity index is 1.83. The number of aryl methyl sites for hydroxylation is 2. The van der Waals surface area contributed by atoms with E-state index < -0.39 is 16.1 Å². The Kier molecular flexibility index (Phi) is 6.71. The lowest BCUT2D eigenvalue weighted by atomic mass is 10.1. The summed E-state index contributed by atoms with van der Waals surface area (Å²) in [5, 5.41) is 2.90. The van der Waals surface area contributed by atoms with Gasteiger partial charge in [0.05, 0.1) is 11.9 Å². The molecule has 1 aliphatic rings. The first-order chi connectivity index (χ1) is 14.2. The van der Waals surface area contributed by atoms with Crippen LogP contribution in [0.25, 0.3) is 0 Å². The predicted octanol–water partition coefficient (Wildman–Crippen LogP) is 4.09. The molecule has 0 radical (unpaired) electrons. The minimum Gasteiger partial charge on any atom is -0.372 e. The van der Waals surface area contributed by atoms with E-state index in [0.717, 1.165) is 36.2 Å². The number of hydrogen-bond donors (Lipinski definition) is 1. The molecule has 0 aromatic heterocycles. The number of rotatable bonds is 7. The predicted molar refractivity (Wildman–Crippen MR) is 124 cm³/mol. The van der Waals surface area contributed by atoms with Gasteiger partial charge in [-0.05, 0) is 80.6 Å². The fraction of sp³-hybridized carbons (Fsp3) is 0.435. The maximum atomic E-state index is 13.1. The normalized spacial score (nSPS) is 15.1. The summed E-state index contributed by atoms with van der Waals surface area (Å²) in [6.45, 7) is 7.77. The molecule has 1 fully saturated rings. The van der Waals surface area contributed by atoms with Gasteiger partial charge in [0.25, 0.3) is 0 Å². The second-order valence-electron chi connectivity index (χ2n) is 8.06. The Morgan fingerprint density at radius 1 is 1.07 bits per heavy atom. The maximum Gasteiger partial charge on any atom is 0.248 e. The number of amides is 1. The van der Waals surface area contributed by atoms with E-state index in [-0.39, 0.29) is 5.91 Å². The van der Waals surface area contributed by atoms with Crippen LogP contribution < -0.4 is 14.5 Å². The van der Waals surface area contributed by atoms with Gasteiger partial charge in [0, 0.05) is 24.5 Å². The summed E-state index contributed by atoms with van der Waals surface area (Å²) in [6, 6.07) is 12.5. The summed E-state index contributed by atoms with van der Waals surface area (Å²) in [5.41, 5.74) is 4.22. The summed E-state index contributed by atoms with van der Waals surface area (Å²) in [4.78, 5) is 15.4. The van der Waals surface area contributed by atoms with E-state index in [0.29, 0.717) is 17.8 Å². The molecule has 1 heterocycles. The van der Waals surface area contributed by atoms with Gasteiger partial charge >= 0.3 is 0 Å². The van der Waals surface area contributed by atoms with Crippen molar-refractivity contribution in [3.05, 3.63) is 53.6 Å². The fourth-order valence-corrected chi connectivity index (χ4v) is 5.29. The number of benzene rings is 2. The van der Waals surface area contributed by atoms with E-state index in [4.69, 9.17) is 0 Å². The Morgan fingerprint density at radius 2 is 1.63 bits per heavy atom. The smallest absolute Gasteiger partial charge is 0.248 e. The molecule has 3 rings (SSSR count). The Labute approximate surface area is 179 Å². The zero-order valence-electron chi connectivity index (χ0n) is 18.2. The number of nitrogens with one attached hydrogen (secondary N) is 1. The number of anilines is 3. The van der Waals surface area contributed by atoms with Gasteiger partial charge in [0.15, 0.2) is 0 Å². The third-order valence-corrected chi connectivity index (χ3v) is 6.58. The molecule has 0 bridgehead atoms. The highest BCUT2D eigenvalue weighted by Gasteiger charge is 2.31. The first-order valence-corrected chi connectivity index (χ1v) is 12.3. The zero-order chi connectivity index (χ0) is 21.9. The van der Waals surface area contributed by atoms with E-state index >= 15 is 0 Å².